The third-order valence-electron chi connectivity index (χ3n) is 5.64. The highest BCUT2D eigenvalue weighted by Gasteiger charge is 2.31. The van der Waals surface area contributed by atoms with Gasteiger partial charge in [0, 0.05) is 58.0 Å². The third kappa shape index (κ3) is 6.27. The molecule has 0 unspecified atom stereocenters. The van der Waals surface area contributed by atoms with Gasteiger partial charge in [-0.05, 0) is 39.8 Å². The Morgan fingerprint density at radius 3 is 1.94 bits per heavy atom. The summed E-state index contributed by atoms with van der Waals surface area (Å²) in [5.74, 6) is -0.134. The van der Waals surface area contributed by atoms with Gasteiger partial charge in [0.15, 0.2) is 0 Å². The monoisotopic (exact) mass is 445 g/mol. The lowest BCUT2D eigenvalue weighted by Gasteiger charge is -2.38. The molecule has 0 radical (unpaired) electrons. The summed E-state index contributed by atoms with van der Waals surface area (Å²) in [7, 11) is 0. The predicted molar refractivity (Wildman–Crippen MR) is 123 cm³/mol. The average Bonchev–Trinajstić information content (AvgIpc) is 2.78. The smallest absolute Gasteiger partial charge is 0.410 e. The first kappa shape index (κ1) is 23.7. The van der Waals surface area contributed by atoms with E-state index < -0.39 is 11.6 Å². The molecule has 2 aliphatic rings. The highest BCUT2D eigenvalue weighted by Crippen LogP contribution is 2.16. The van der Waals surface area contributed by atoms with E-state index in [-0.39, 0.29) is 18.0 Å². The molecule has 4 amide bonds. The summed E-state index contributed by atoms with van der Waals surface area (Å²) < 4.78 is 5.39. The summed E-state index contributed by atoms with van der Waals surface area (Å²) in [5.41, 5.74) is 0.608. The summed E-state index contributed by atoms with van der Waals surface area (Å²) in [5, 5.41) is 2.84. The molecule has 2 saturated heterocycles. The van der Waals surface area contributed by atoms with Crippen LogP contribution < -0.4 is 10.2 Å². The Labute approximate surface area is 190 Å². The normalized spacial score (nSPS) is 18.2. The molecular weight excluding hydrogens is 410 g/mol. The lowest BCUT2D eigenvalue weighted by molar-refractivity contribution is -0.134. The number of hydrogen-bond donors (Lipinski definition) is 1. The number of hydrogen-bond acceptors (Lipinski definition) is 5. The molecule has 2 heterocycles. The second-order valence-corrected chi connectivity index (χ2v) is 9.27. The number of rotatable bonds is 3. The fourth-order valence-electron chi connectivity index (χ4n) is 3.85. The molecule has 9 heteroatoms. The number of carbonyl (C=O) groups excluding carboxylic acids is 3. The van der Waals surface area contributed by atoms with Crippen molar-refractivity contribution >= 4 is 23.7 Å². The van der Waals surface area contributed by atoms with Crippen LogP contribution in [-0.2, 0) is 9.53 Å². The van der Waals surface area contributed by atoms with Crippen molar-refractivity contribution in [1.29, 1.82) is 0 Å². The van der Waals surface area contributed by atoms with Gasteiger partial charge in [-0.25, -0.2) is 9.59 Å². The predicted octanol–water partition coefficient (Wildman–Crippen LogP) is 1.99. The number of para-hydroxylation sites is 1. The van der Waals surface area contributed by atoms with E-state index in [1.54, 1.807) is 21.6 Å². The van der Waals surface area contributed by atoms with Crippen LogP contribution in [0.2, 0.25) is 0 Å². The summed E-state index contributed by atoms with van der Waals surface area (Å²) in [6.45, 7) is 11.6. The zero-order valence-electron chi connectivity index (χ0n) is 19.5. The molecule has 0 bridgehead atoms. The van der Waals surface area contributed by atoms with Crippen LogP contribution in [0.5, 0.6) is 0 Å². The lowest BCUT2D eigenvalue weighted by atomic mass is 10.2. The molecule has 2 fully saturated rings. The van der Waals surface area contributed by atoms with E-state index in [2.05, 4.69) is 22.3 Å². The van der Waals surface area contributed by atoms with Gasteiger partial charge in [-0.15, -0.1) is 0 Å². The van der Waals surface area contributed by atoms with Gasteiger partial charge in [-0.3, -0.25) is 4.79 Å². The zero-order chi connectivity index (χ0) is 23.3. The number of nitrogens with zero attached hydrogens (tertiary/aromatic N) is 4. The number of nitrogens with one attached hydrogen (secondary N) is 1. The van der Waals surface area contributed by atoms with E-state index in [1.165, 1.54) is 0 Å². The fourth-order valence-corrected chi connectivity index (χ4v) is 3.85. The van der Waals surface area contributed by atoms with Gasteiger partial charge < -0.3 is 29.7 Å². The van der Waals surface area contributed by atoms with Gasteiger partial charge >= 0.3 is 12.1 Å². The van der Waals surface area contributed by atoms with Crippen molar-refractivity contribution in [2.75, 3.05) is 57.3 Å². The van der Waals surface area contributed by atoms with Crippen LogP contribution in [0.4, 0.5) is 15.3 Å². The van der Waals surface area contributed by atoms with E-state index in [1.807, 2.05) is 39.0 Å². The number of benzene rings is 1. The summed E-state index contributed by atoms with van der Waals surface area (Å²) >= 11 is 0. The topological polar surface area (TPSA) is 85.4 Å². The van der Waals surface area contributed by atoms with Gasteiger partial charge in [-0.2, -0.15) is 0 Å². The van der Waals surface area contributed by atoms with Crippen molar-refractivity contribution in [2.45, 2.75) is 39.3 Å². The van der Waals surface area contributed by atoms with Crippen LogP contribution in [0.1, 0.15) is 27.7 Å². The molecule has 0 aromatic heterocycles. The van der Waals surface area contributed by atoms with Crippen molar-refractivity contribution in [2.24, 2.45) is 0 Å². The van der Waals surface area contributed by atoms with Crippen LogP contribution in [0.15, 0.2) is 30.3 Å². The average molecular weight is 446 g/mol. The number of anilines is 1. The minimum Gasteiger partial charge on any atom is -0.444 e. The Morgan fingerprint density at radius 2 is 1.38 bits per heavy atom. The van der Waals surface area contributed by atoms with E-state index in [9.17, 15) is 14.4 Å². The van der Waals surface area contributed by atoms with Gasteiger partial charge in [-0.1, -0.05) is 18.2 Å². The summed E-state index contributed by atoms with van der Waals surface area (Å²) in [4.78, 5) is 45.0. The molecule has 2 aliphatic heterocycles. The van der Waals surface area contributed by atoms with E-state index >= 15 is 0 Å². The first-order chi connectivity index (χ1) is 15.1. The zero-order valence-corrected chi connectivity index (χ0v) is 19.5. The van der Waals surface area contributed by atoms with Crippen LogP contribution in [0.25, 0.3) is 0 Å². The second kappa shape index (κ2) is 10.1. The third-order valence-corrected chi connectivity index (χ3v) is 5.64. The van der Waals surface area contributed by atoms with Gasteiger partial charge in [0.1, 0.15) is 11.6 Å². The van der Waals surface area contributed by atoms with Gasteiger partial charge in [0.05, 0.1) is 0 Å². The Kier molecular flexibility index (Phi) is 7.48. The number of piperazine rings is 2. The molecular formula is C23H35N5O4. The van der Waals surface area contributed by atoms with Crippen molar-refractivity contribution < 1.29 is 19.1 Å². The molecule has 3 rings (SSSR count). The van der Waals surface area contributed by atoms with Crippen molar-refractivity contribution in [1.82, 2.24) is 20.0 Å². The maximum absolute atomic E-state index is 12.8. The van der Waals surface area contributed by atoms with E-state index in [4.69, 9.17) is 4.74 Å². The van der Waals surface area contributed by atoms with E-state index in [0.717, 1.165) is 18.8 Å². The molecule has 1 atom stereocenters. The Hall–Kier alpha value is -2.97. The standard InChI is InChI=1S/C23H35N5O4/c1-18(20(29)26-12-16-28(17-13-26)22(31)32-23(2,3)4)24-21(30)27-14-10-25(11-15-27)19-8-6-5-7-9-19/h5-9,18H,10-17H2,1-4H3,(H,24,30)/t18-/m1/s1. The Bertz CT molecular complexity index is 794. The van der Waals surface area contributed by atoms with Gasteiger partial charge in [0.25, 0.3) is 0 Å². The lowest BCUT2D eigenvalue weighted by Crippen LogP contribution is -2.58. The number of ether oxygens (including phenoxy) is 1. The second-order valence-electron chi connectivity index (χ2n) is 9.27. The number of carbonyl (C=O) groups is 3. The molecule has 1 N–H and O–H groups in total. The first-order valence-corrected chi connectivity index (χ1v) is 11.3. The minimum absolute atomic E-state index is 0.134. The SMILES string of the molecule is C[C@@H](NC(=O)N1CCN(c2ccccc2)CC1)C(=O)N1CCN(C(=O)OC(C)(C)C)CC1. The van der Waals surface area contributed by atoms with Crippen molar-refractivity contribution in [3.63, 3.8) is 0 Å². The Morgan fingerprint density at radius 1 is 0.844 bits per heavy atom. The largest absolute Gasteiger partial charge is 0.444 e. The highest BCUT2D eigenvalue weighted by atomic mass is 16.6. The molecule has 0 aliphatic carbocycles. The molecule has 9 nitrogen and oxygen atoms in total. The number of urea groups is 1. The van der Waals surface area contributed by atoms with Crippen LogP contribution >= 0.6 is 0 Å². The van der Waals surface area contributed by atoms with Crippen LogP contribution in [0, 0.1) is 0 Å². The van der Waals surface area contributed by atoms with Crippen LogP contribution in [-0.4, -0.2) is 96.7 Å². The minimum atomic E-state index is -0.622. The first-order valence-electron chi connectivity index (χ1n) is 11.3. The molecule has 0 saturated carbocycles. The quantitative estimate of drug-likeness (QED) is 0.769. The maximum atomic E-state index is 12.8. The van der Waals surface area contributed by atoms with Crippen molar-refractivity contribution in [3.05, 3.63) is 30.3 Å². The van der Waals surface area contributed by atoms with Crippen LogP contribution in [0.3, 0.4) is 0 Å². The maximum Gasteiger partial charge on any atom is 0.410 e. The fraction of sp³-hybridized carbons (Fsp3) is 0.609. The molecule has 176 valence electrons. The highest BCUT2D eigenvalue weighted by molar-refractivity contribution is 5.87. The van der Waals surface area contributed by atoms with E-state index in [0.29, 0.717) is 39.3 Å². The van der Waals surface area contributed by atoms with Crippen molar-refractivity contribution in [3.8, 4) is 0 Å². The molecule has 1 aromatic carbocycles. The Balaban J connectivity index is 1.42. The molecule has 32 heavy (non-hydrogen) atoms. The molecule has 1 aromatic rings. The van der Waals surface area contributed by atoms with Gasteiger partial charge in [0.2, 0.25) is 5.91 Å². The molecule has 0 spiro atoms. The summed E-state index contributed by atoms with van der Waals surface area (Å²) in [6.07, 6.45) is -0.361. The summed E-state index contributed by atoms with van der Waals surface area (Å²) in [6, 6.07) is 9.30. The number of amides is 4.